The second-order valence-corrected chi connectivity index (χ2v) is 8.44. The third-order valence-corrected chi connectivity index (χ3v) is 5.95. The average Bonchev–Trinajstić information content (AvgIpc) is 3.50. The summed E-state index contributed by atoms with van der Waals surface area (Å²) < 4.78 is 10.9. The summed E-state index contributed by atoms with van der Waals surface area (Å²) in [5.41, 5.74) is 4.63. The van der Waals surface area contributed by atoms with Gasteiger partial charge in [-0.05, 0) is 65.9 Å². The van der Waals surface area contributed by atoms with Gasteiger partial charge in [0.1, 0.15) is 5.76 Å². The molecule has 0 fully saturated rings. The summed E-state index contributed by atoms with van der Waals surface area (Å²) in [5, 5.41) is 4.05. The molecule has 2 heterocycles. The Hall–Kier alpha value is -3.90. The molecule has 0 bridgehead atoms. The Morgan fingerprint density at radius 3 is 2.79 bits per heavy atom. The maximum atomic E-state index is 13.2. The highest BCUT2D eigenvalue weighted by atomic mass is 35.5. The molecule has 0 saturated heterocycles. The van der Waals surface area contributed by atoms with Crippen molar-refractivity contribution in [3.63, 3.8) is 0 Å². The van der Waals surface area contributed by atoms with E-state index in [0.29, 0.717) is 34.5 Å². The molecule has 5 rings (SSSR count). The van der Waals surface area contributed by atoms with E-state index in [-0.39, 0.29) is 12.5 Å². The summed E-state index contributed by atoms with van der Waals surface area (Å²) in [4.78, 5) is 30.3. The number of carbonyl (C=O) groups is 2. The molecule has 0 spiro atoms. The molecule has 6 nitrogen and oxygen atoms in total. The Balaban J connectivity index is 1.36. The summed E-state index contributed by atoms with van der Waals surface area (Å²) >= 11 is 5.98. The lowest BCUT2D eigenvalue weighted by Crippen LogP contribution is -2.28. The molecule has 170 valence electrons. The van der Waals surface area contributed by atoms with E-state index >= 15 is 0 Å². The lowest BCUT2D eigenvalue weighted by atomic mass is 10.0. The largest absolute Gasteiger partial charge is 0.465 e. The van der Waals surface area contributed by atoms with Gasteiger partial charge in [0.25, 0.3) is 5.91 Å². The van der Waals surface area contributed by atoms with Crippen molar-refractivity contribution in [3.8, 4) is 0 Å². The molecule has 34 heavy (non-hydrogen) atoms. The number of amides is 1. The van der Waals surface area contributed by atoms with Gasteiger partial charge in [0, 0.05) is 17.0 Å². The fourth-order valence-corrected chi connectivity index (χ4v) is 4.37. The van der Waals surface area contributed by atoms with Crippen molar-refractivity contribution in [2.75, 3.05) is 6.61 Å². The Morgan fingerprint density at radius 2 is 1.97 bits per heavy atom. The number of pyridine rings is 1. The summed E-state index contributed by atoms with van der Waals surface area (Å²) in [7, 11) is 0. The van der Waals surface area contributed by atoms with Crippen LogP contribution in [-0.2, 0) is 22.5 Å². The monoisotopic (exact) mass is 472 g/mol. The number of benzene rings is 2. The minimum Gasteiger partial charge on any atom is -0.465 e. The highest BCUT2D eigenvalue weighted by molar-refractivity contribution is 6.30. The Labute approximate surface area is 201 Å². The SMILES string of the molecule is O=C(COC(=O)c1c2c(nc3ccccc13)C(=Cc1ccco1)CC2)NCc1cccc(Cl)c1. The maximum absolute atomic E-state index is 13.2. The van der Waals surface area contributed by atoms with Gasteiger partial charge in [-0.3, -0.25) is 4.79 Å². The zero-order valence-electron chi connectivity index (χ0n) is 18.2. The number of fused-ring (bicyclic) bond motifs is 2. The first-order valence-electron chi connectivity index (χ1n) is 10.9. The number of nitrogens with one attached hydrogen (secondary N) is 1. The van der Waals surface area contributed by atoms with E-state index in [1.165, 1.54) is 0 Å². The fraction of sp³-hybridized carbons (Fsp3) is 0.148. The third-order valence-electron chi connectivity index (χ3n) is 5.72. The van der Waals surface area contributed by atoms with Crippen molar-refractivity contribution in [1.29, 1.82) is 0 Å². The van der Waals surface area contributed by atoms with E-state index < -0.39 is 5.97 Å². The number of halogens is 1. The first kappa shape index (κ1) is 21.9. The quantitative estimate of drug-likeness (QED) is 0.378. The van der Waals surface area contributed by atoms with Gasteiger partial charge in [-0.15, -0.1) is 0 Å². The van der Waals surface area contributed by atoms with Gasteiger partial charge >= 0.3 is 5.97 Å². The van der Waals surface area contributed by atoms with Gasteiger partial charge in [0.15, 0.2) is 6.61 Å². The van der Waals surface area contributed by atoms with Crippen LogP contribution in [-0.4, -0.2) is 23.5 Å². The van der Waals surface area contributed by atoms with Crippen molar-refractivity contribution in [3.05, 3.63) is 100 Å². The number of hydrogen-bond acceptors (Lipinski definition) is 5. The van der Waals surface area contributed by atoms with Crippen LogP contribution in [0.15, 0.2) is 71.3 Å². The van der Waals surface area contributed by atoms with Crippen LogP contribution in [0.2, 0.25) is 5.02 Å². The number of allylic oxidation sites excluding steroid dienone is 1. The van der Waals surface area contributed by atoms with Gasteiger partial charge < -0.3 is 14.5 Å². The van der Waals surface area contributed by atoms with Crippen molar-refractivity contribution in [2.45, 2.75) is 19.4 Å². The molecular formula is C27H21ClN2O4. The van der Waals surface area contributed by atoms with Crippen LogP contribution in [0.5, 0.6) is 0 Å². The van der Waals surface area contributed by atoms with Gasteiger partial charge in [-0.25, -0.2) is 9.78 Å². The summed E-state index contributed by atoms with van der Waals surface area (Å²) in [6, 6.07) is 18.4. The number of nitrogens with zero attached hydrogens (tertiary/aromatic N) is 1. The van der Waals surface area contributed by atoms with Gasteiger partial charge in [0.05, 0.1) is 23.0 Å². The van der Waals surface area contributed by atoms with Gasteiger partial charge in [-0.1, -0.05) is 41.9 Å². The Morgan fingerprint density at radius 1 is 1.09 bits per heavy atom. The summed E-state index contributed by atoms with van der Waals surface area (Å²) in [6.07, 6.45) is 4.97. The van der Waals surface area contributed by atoms with E-state index in [9.17, 15) is 9.59 Å². The van der Waals surface area contributed by atoms with Crippen LogP contribution in [0.25, 0.3) is 22.6 Å². The van der Waals surface area contributed by atoms with Crippen LogP contribution >= 0.6 is 11.6 Å². The lowest BCUT2D eigenvalue weighted by molar-refractivity contribution is -0.124. The average molecular weight is 473 g/mol. The number of carbonyl (C=O) groups excluding carboxylic acids is 2. The van der Waals surface area contributed by atoms with E-state index in [1.807, 2.05) is 54.6 Å². The molecule has 0 atom stereocenters. The number of esters is 1. The number of para-hydroxylation sites is 1. The summed E-state index contributed by atoms with van der Waals surface area (Å²) in [5.74, 6) is -0.188. The predicted octanol–water partition coefficient (Wildman–Crippen LogP) is 5.44. The fourth-order valence-electron chi connectivity index (χ4n) is 4.16. The second-order valence-electron chi connectivity index (χ2n) is 8.00. The van der Waals surface area contributed by atoms with Crippen LogP contribution in [0.1, 0.15) is 39.4 Å². The standard InChI is InChI=1S/C27H21ClN2O4/c28-19-6-3-5-17(13-19)15-29-24(31)16-34-27(32)25-21-8-1-2-9-23(21)30-26-18(10-11-22(25)26)14-20-7-4-12-33-20/h1-9,12-14H,10-11,15-16H2,(H,29,31). The highest BCUT2D eigenvalue weighted by Gasteiger charge is 2.28. The molecule has 2 aromatic heterocycles. The molecule has 4 aromatic rings. The molecule has 0 unspecified atom stereocenters. The first-order valence-corrected chi connectivity index (χ1v) is 11.3. The predicted molar refractivity (Wildman–Crippen MR) is 130 cm³/mol. The van der Waals surface area contributed by atoms with Crippen molar-refractivity contribution >= 4 is 46.0 Å². The van der Waals surface area contributed by atoms with Crippen LogP contribution in [0, 0.1) is 0 Å². The van der Waals surface area contributed by atoms with Gasteiger partial charge in [0.2, 0.25) is 0 Å². The highest BCUT2D eigenvalue weighted by Crippen LogP contribution is 2.37. The topological polar surface area (TPSA) is 81.4 Å². The molecule has 1 amide bonds. The minimum absolute atomic E-state index is 0.297. The van der Waals surface area contributed by atoms with Gasteiger partial charge in [-0.2, -0.15) is 0 Å². The lowest BCUT2D eigenvalue weighted by Gasteiger charge is -2.12. The van der Waals surface area contributed by atoms with E-state index in [2.05, 4.69) is 5.32 Å². The molecule has 0 aliphatic heterocycles. The molecule has 2 aromatic carbocycles. The normalized spacial score (nSPS) is 13.7. The zero-order chi connectivity index (χ0) is 23.5. The van der Waals surface area contributed by atoms with Crippen LogP contribution in [0.3, 0.4) is 0 Å². The summed E-state index contributed by atoms with van der Waals surface area (Å²) in [6.45, 7) is -0.0780. The number of hydrogen-bond donors (Lipinski definition) is 1. The van der Waals surface area contributed by atoms with Crippen molar-refractivity contribution in [1.82, 2.24) is 10.3 Å². The number of aromatic nitrogens is 1. The van der Waals surface area contributed by atoms with E-state index in [0.717, 1.165) is 34.6 Å². The van der Waals surface area contributed by atoms with Crippen LogP contribution in [0.4, 0.5) is 0 Å². The third kappa shape index (κ3) is 4.58. The smallest absolute Gasteiger partial charge is 0.339 e. The zero-order valence-corrected chi connectivity index (χ0v) is 19.0. The van der Waals surface area contributed by atoms with Crippen LogP contribution < -0.4 is 5.32 Å². The Bertz CT molecular complexity index is 1410. The first-order chi connectivity index (χ1) is 16.6. The molecular weight excluding hydrogens is 452 g/mol. The molecule has 1 N–H and O–H groups in total. The van der Waals surface area contributed by atoms with Crippen molar-refractivity contribution in [2.24, 2.45) is 0 Å². The molecule has 0 radical (unpaired) electrons. The molecule has 7 heteroatoms. The number of furan rings is 1. The second kappa shape index (κ2) is 9.53. The van der Waals surface area contributed by atoms with E-state index in [4.69, 9.17) is 25.7 Å². The maximum Gasteiger partial charge on any atom is 0.339 e. The van der Waals surface area contributed by atoms with E-state index in [1.54, 1.807) is 18.4 Å². The number of rotatable bonds is 6. The molecule has 1 aliphatic carbocycles. The minimum atomic E-state index is -0.535. The molecule has 0 saturated carbocycles. The Kier molecular flexibility index (Phi) is 6.14. The number of ether oxygens (including phenoxy) is 1. The molecule has 1 aliphatic rings. The van der Waals surface area contributed by atoms with Crippen molar-refractivity contribution < 1.29 is 18.7 Å².